The summed E-state index contributed by atoms with van der Waals surface area (Å²) in [6.45, 7) is 0.125. The third-order valence-electron chi connectivity index (χ3n) is 6.13. The summed E-state index contributed by atoms with van der Waals surface area (Å²) in [5.74, 6) is -1.18. The summed E-state index contributed by atoms with van der Waals surface area (Å²) in [6.07, 6.45) is -2.12. The number of methoxy groups -OCH3 is 1. The first-order valence-electron chi connectivity index (χ1n) is 12.3. The van der Waals surface area contributed by atoms with E-state index in [0.29, 0.717) is 15.8 Å². The van der Waals surface area contributed by atoms with Gasteiger partial charge in [-0.3, -0.25) is 14.4 Å². The van der Waals surface area contributed by atoms with E-state index in [2.05, 4.69) is 31.9 Å². The van der Waals surface area contributed by atoms with Gasteiger partial charge in [0, 0.05) is 35.3 Å². The van der Waals surface area contributed by atoms with Gasteiger partial charge in [0.15, 0.2) is 0 Å². The Morgan fingerprint density at radius 1 is 1.12 bits per heavy atom. The number of nitrogens with two attached hydrogens (primary N) is 1. The Morgan fingerprint density at radius 2 is 1.82 bits per heavy atom. The number of rotatable bonds is 11. The molecule has 1 aliphatic carbocycles. The van der Waals surface area contributed by atoms with Crippen LogP contribution in [0.2, 0.25) is 0 Å². The largest absolute Gasteiger partial charge is 0.497 e. The average molecular weight is 638 g/mol. The zero-order valence-corrected chi connectivity index (χ0v) is 23.9. The Kier molecular flexibility index (Phi) is 11.4. The van der Waals surface area contributed by atoms with Crippen molar-refractivity contribution in [2.45, 2.75) is 37.1 Å². The second kappa shape index (κ2) is 14.7. The highest BCUT2D eigenvalue weighted by Gasteiger charge is 2.38. The van der Waals surface area contributed by atoms with E-state index in [0.717, 1.165) is 5.56 Å². The van der Waals surface area contributed by atoms with E-state index in [4.69, 9.17) is 26.8 Å². The molecule has 11 nitrogen and oxygen atoms in total. The molecule has 0 heterocycles. The van der Waals surface area contributed by atoms with Crippen LogP contribution in [0.15, 0.2) is 64.7 Å². The van der Waals surface area contributed by atoms with Crippen LogP contribution >= 0.6 is 27.5 Å². The van der Waals surface area contributed by atoms with Crippen LogP contribution in [0.3, 0.4) is 0 Å². The smallest absolute Gasteiger partial charge is 0.407 e. The van der Waals surface area contributed by atoms with Crippen molar-refractivity contribution in [3.05, 3.63) is 75.8 Å². The van der Waals surface area contributed by atoms with Crippen molar-refractivity contribution in [1.29, 1.82) is 0 Å². The Balaban J connectivity index is 1.82. The van der Waals surface area contributed by atoms with Crippen LogP contribution in [0.5, 0.6) is 5.75 Å². The number of aliphatic hydroxyl groups excluding tert-OH is 1. The summed E-state index contributed by atoms with van der Waals surface area (Å²) in [4.78, 5) is 50.6. The van der Waals surface area contributed by atoms with Gasteiger partial charge in [-0.25, -0.2) is 4.79 Å². The van der Waals surface area contributed by atoms with Crippen molar-refractivity contribution >= 4 is 51.3 Å². The fourth-order valence-electron chi connectivity index (χ4n) is 4.03. The van der Waals surface area contributed by atoms with Gasteiger partial charge in [-0.1, -0.05) is 30.3 Å². The number of ether oxygens (including phenoxy) is 2. The van der Waals surface area contributed by atoms with Crippen molar-refractivity contribution in [1.82, 2.24) is 16.0 Å². The normalized spacial score (nSPS) is 19.0. The predicted octanol–water partition coefficient (Wildman–Crippen LogP) is 1.79. The van der Waals surface area contributed by atoms with Gasteiger partial charge in [-0.05, 0) is 45.8 Å². The number of amides is 4. The van der Waals surface area contributed by atoms with Gasteiger partial charge < -0.3 is 36.3 Å². The molecule has 4 unspecified atom stereocenters. The number of benzene rings is 2. The summed E-state index contributed by atoms with van der Waals surface area (Å²) in [5, 5.41) is 18.7. The molecule has 0 fully saturated rings. The summed E-state index contributed by atoms with van der Waals surface area (Å²) >= 11 is 8.92. The first kappa shape index (κ1) is 30.9. The van der Waals surface area contributed by atoms with Crippen LogP contribution in [0.4, 0.5) is 4.79 Å². The molecule has 2 aromatic rings. The highest BCUT2D eigenvalue weighted by molar-refractivity contribution is 9.10. The van der Waals surface area contributed by atoms with E-state index in [9.17, 15) is 24.3 Å². The molecule has 214 valence electrons. The minimum absolute atomic E-state index is 0.0823. The lowest BCUT2D eigenvalue weighted by atomic mass is 9.89. The molecule has 4 atom stereocenters. The number of alkyl carbamates (subject to hydrolysis) is 1. The van der Waals surface area contributed by atoms with Crippen LogP contribution in [-0.2, 0) is 20.7 Å². The summed E-state index contributed by atoms with van der Waals surface area (Å²) in [6, 6.07) is 11.4. The van der Waals surface area contributed by atoms with Crippen LogP contribution in [0.1, 0.15) is 22.3 Å². The summed E-state index contributed by atoms with van der Waals surface area (Å²) in [5.41, 5.74) is 6.67. The standard InChI is InChI=1S/C27H30BrClN4O7/c1-39-17-8-6-15(7-9-17)12-21(24(30)35)33-25(36)16-13-20(32-26(37)18-4-2-3-5-19(18)28)23(34)22(14-16)40-27(38)31-11-10-29/h2-9,13,20-23,34H,10-12,14H2,1H3,(H2,30,35)(H,31,38)(H,32,37)(H,33,36). The molecule has 0 saturated heterocycles. The van der Waals surface area contributed by atoms with Gasteiger partial charge in [-0.15, -0.1) is 11.6 Å². The Hall–Kier alpha value is -3.61. The minimum atomic E-state index is -1.38. The van der Waals surface area contributed by atoms with E-state index in [-0.39, 0.29) is 30.8 Å². The van der Waals surface area contributed by atoms with Crippen molar-refractivity contribution in [3.63, 3.8) is 0 Å². The SMILES string of the molecule is COc1ccc(CC(NC(=O)C2=CC(NC(=O)c3ccccc3Br)C(O)C(OC(=O)NCCCl)C2)C(N)=O)cc1. The van der Waals surface area contributed by atoms with Gasteiger partial charge in [-0.2, -0.15) is 0 Å². The summed E-state index contributed by atoms with van der Waals surface area (Å²) < 4.78 is 11.0. The molecule has 13 heteroatoms. The fourth-order valence-corrected chi connectivity index (χ4v) is 4.59. The molecule has 0 aromatic heterocycles. The highest BCUT2D eigenvalue weighted by atomic mass is 79.9. The maximum Gasteiger partial charge on any atom is 0.407 e. The Morgan fingerprint density at radius 3 is 2.45 bits per heavy atom. The quantitative estimate of drug-likeness (QED) is 0.234. The second-order valence-electron chi connectivity index (χ2n) is 8.91. The first-order chi connectivity index (χ1) is 19.1. The average Bonchev–Trinajstić information content (AvgIpc) is 2.94. The number of primary amides is 1. The molecule has 0 aliphatic heterocycles. The van der Waals surface area contributed by atoms with Crippen molar-refractivity contribution in [2.75, 3.05) is 19.5 Å². The molecule has 3 rings (SSSR count). The molecule has 0 saturated carbocycles. The van der Waals surface area contributed by atoms with Gasteiger partial charge in [0.25, 0.3) is 5.91 Å². The third-order valence-corrected chi connectivity index (χ3v) is 7.01. The first-order valence-corrected chi connectivity index (χ1v) is 13.6. The van der Waals surface area contributed by atoms with Gasteiger partial charge >= 0.3 is 6.09 Å². The minimum Gasteiger partial charge on any atom is -0.497 e. The molecule has 40 heavy (non-hydrogen) atoms. The number of hydrogen-bond acceptors (Lipinski definition) is 7. The molecule has 0 bridgehead atoms. The number of carbonyl (C=O) groups is 4. The lowest BCUT2D eigenvalue weighted by molar-refractivity contribution is -0.125. The van der Waals surface area contributed by atoms with Crippen LogP contribution in [0, 0.1) is 0 Å². The Labute approximate surface area is 244 Å². The maximum absolute atomic E-state index is 13.3. The fraction of sp³-hybridized carbons (Fsp3) is 0.333. The zero-order chi connectivity index (χ0) is 29.2. The summed E-state index contributed by atoms with van der Waals surface area (Å²) in [7, 11) is 1.53. The van der Waals surface area contributed by atoms with Crippen molar-refractivity contribution in [3.8, 4) is 5.75 Å². The Bertz CT molecular complexity index is 1260. The van der Waals surface area contributed by atoms with E-state index < -0.39 is 48.1 Å². The molecule has 4 amide bonds. The third kappa shape index (κ3) is 8.44. The van der Waals surface area contributed by atoms with E-state index >= 15 is 0 Å². The van der Waals surface area contributed by atoms with E-state index in [1.165, 1.54) is 13.2 Å². The lowest BCUT2D eigenvalue weighted by Gasteiger charge is -2.33. The van der Waals surface area contributed by atoms with Crippen LogP contribution in [-0.4, -0.2) is 72.7 Å². The zero-order valence-electron chi connectivity index (χ0n) is 21.6. The van der Waals surface area contributed by atoms with Gasteiger partial charge in [0.2, 0.25) is 11.8 Å². The van der Waals surface area contributed by atoms with Crippen molar-refractivity contribution in [2.24, 2.45) is 5.73 Å². The molecule has 6 N–H and O–H groups in total. The number of aliphatic hydroxyl groups is 1. The predicted molar refractivity (Wildman–Crippen MR) is 151 cm³/mol. The van der Waals surface area contributed by atoms with Crippen LogP contribution in [0.25, 0.3) is 0 Å². The van der Waals surface area contributed by atoms with Crippen molar-refractivity contribution < 1.29 is 33.8 Å². The number of halogens is 2. The van der Waals surface area contributed by atoms with E-state index in [1.54, 1.807) is 48.5 Å². The molecule has 0 spiro atoms. The number of hydrogen-bond donors (Lipinski definition) is 5. The molecular formula is C27H30BrClN4O7. The second-order valence-corrected chi connectivity index (χ2v) is 10.1. The topological polar surface area (TPSA) is 169 Å². The number of alkyl halides is 1. The van der Waals surface area contributed by atoms with Gasteiger partial charge in [0.1, 0.15) is 24.0 Å². The molecule has 1 aliphatic rings. The maximum atomic E-state index is 13.3. The van der Waals surface area contributed by atoms with Crippen LogP contribution < -0.4 is 26.4 Å². The number of carbonyl (C=O) groups excluding carboxylic acids is 4. The highest BCUT2D eigenvalue weighted by Crippen LogP contribution is 2.24. The number of nitrogens with one attached hydrogen (secondary N) is 3. The molecule has 2 aromatic carbocycles. The molecular weight excluding hydrogens is 608 g/mol. The monoisotopic (exact) mass is 636 g/mol. The molecule has 0 radical (unpaired) electrons. The lowest BCUT2D eigenvalue weighted by Crippen LogP contribution is -2.54. The van der Waals surface area contributed by atoms with E-state index in [1.807, 2.05) is 0 Å². The van der Waals surface area contributed by atoms with Gasteiger partial charge in [0.05, 0.1) is 18.7 Å².